The van der Waals surface area contributed by atoms with Crippen molar-refractivity contribution in [1.82, 2.24) is 5.32 Å². The van der Waals surface area contributed by atoms with Crippen molar-refractivity contribution >= 4 is 0 Å². The topological polar surface area (TPSA) is 32.3 Å². The van der Waals surface area contributed by atoms with E-state index in [1.165, 1.54) is 12.1 Å². The molecule has 0 aliphatic heterocycles. The van der Waals surface area contributed by atoms with Crippen LogP contribution in [0, 0.1) is 0 Å². The molecule has 96 valence electrons. The van der Waals surface area contributed by atoms with Crippen LogP contribution in [0.15, 0.2) is 24.3 Å². The minimum absolute atomic E-state index is 0.157. The van der Waals surface area contributed by atoms with E-state index in [1.54, 1.807) is 20.0 Å². The van der Waals surface area contributed by atoms with Gasteiger partial charge in [-0.25, -0.2) is 0 Å². The zero-order valence-corrected chi connectivity index (χ0v) is 9.80. The predicted octanol–water partition coefficient (Wildman–Crippen LogP) is 2.52. The summed E-state index contributed by atoms with van der Waals surface area (Å²) in [5.41, 5.74) is -1.39. The lowest BCUT2D eigenvalue weighted by molar-refractivity contribution is -0.139. The Kier molecular flexibility index (Phi) is 4.16. The molecule has 2 nitrogen and oxygen atoms in total. The summed E-state index contributed by atoms with van der Waals surface area (Å²) in [6, 6.07) is 5.43. The van der Waals surface area contributed by atoms with Crippen LogP contribution in [0.2, 0.25) is 0 Å². The van der Waals surface area contributed by atoms with Crippen molar-refractivity contribution in [3.05, 3.63) is 35.4 Å². The molecule has 1 aromatic rings. The first kappa shape index (κ1) is 14.0. The lowest BCUT2D eigenvalue weighted by Gasteiger charge is -2.31. The van der Waals surface area contributed by atoms with Crippen LogP contribution in [0.4, 0.5) is 13.2 Å². The van der Waals surface area contributed by atoms with E-state index in [0.29, 0.717) is 0 Å². The average molecular weight is 247 g/mol. The number of benzene rings is 1. The number of rotatable bonds is 4. The highest BCUT2D eigenvalue weighted by Gasteiger charge is 2.38. The molecule has 0 saturated carbocycles. The number of alkyl halides is 3. The molecule has 0 heterocycles. The second-order valence-electron chi connectivity index (χ2n) is 4.10. The molecule has 0 fully saturated rings. The fraction of sp³-hybridized carbons (Fsp3) is 0.500. The van der Waals surface area contributed by atoms with Crippen LogP contribution in [0.1, 0.15) is 24.5 Å². The van der Waals surface area contributed by atoms with Crippen molar-refractivity contribution in [2.45, 2.75) is 25.1 Å². The summed E-state index contributed by atoms with van der Waals surface area (Å²) in [5, 5.41) is 11.8. The molecular weight excluding hydrogens is 231 g/mol. The molecule has 0 aliphatic carbocycles. The van der Waals surface area contributed by atoms with Crippen molar-refractivity contribution in [2.24, 2.45) is 0 Å². The molecule has 0 aliphatic rings. The lowest BCUT2D eigenvalue weighted by Crippen LogP contribution is -2.39. The molecule has 0 aromatic heterocycles. The van der Waals surface area contributed by atoms with Gasteiger partial charge in [0, 0.05) is 12.1 Å². The third kappa shape index (κ3) is 2.98. The molecule has 1 unspecified atom stereocenters. The molecule has 2 N–H and O–H groups in total. The van der Waals surface area contributed by atoms with E-state index in [1.807, 2.05) is 0 Å². The number of hydrogen-bond donors (Lipinski definition) is 2. The Balaban J connectivity index is 3.29. The maximum atomic E-state index is 12.9. The lowest BCUT2D eigenvalue weighted by atomic mass is 9.85. The van der Waals surface area contributed by atoms with Gasteiger partial charge in [0.1, 0.15) is 0 Å². The highest BCUT2D eigenvalue weighted by molar-refractivity contribution is 5.35. The first-order valence-electron chi connectivity index (χ1n) is 5.31. The van der Waals surface area contributed by atoms with E-state index in [0.717, 1.165) is 6.07 Å². The van der Waals surface area contributed by atoms with Gasteiger partial charge >= 0.3 is 6.18 Å². The van der Waals surface area contributed by atoms with Crippen LogP contribution in [-0.2, 0) is 11.7 Å². The fourth-order valence-corrected chi connectivity index (χ4v) is 1.83. The Hall–Kier alpha value is -1.07. The normalized spacial score (nSPS) is 15.6. The Labute approximate surface area is 98.5 Å². The first-order valence-corrected chi connectivity index (χ1v) is 5.31. The number of halogens is 3. The zero-order valence-electron chi connectivity index (χ0n) is 9.80. The van der Waals surface area contributed by atoms with E-state index in [2.05, 4.69) is 5.32 Å². The molecule has 0 bridgehead atoms. The summed E-state index contributed by atoms with van der Waals surface area (Å²) in [7, 11) is 1.59. The van der Waals surface area contributed by atoms with E-state index in [9.17, 15) is 13.2 Å². The van der Waals surface area contributed by atoms with Gasteiger partial charge in [-0.3, -0.25) is 0 Å². The zero-order chi connectivity index (χ0) is 13.1. The van der Waals surface area contributed by atoms with Gasteiger partial charge in [0.05, 0.1) is 5.56 Å². The van der Waals surface area contributed by atoms with Gasteiger partial charge in [0.15, 0.2) is 0 Å². The van der Waals surface area contributed by atoms with Crippen molar-refractivity contribution in [1.29, 1.82) is 0 Å². The second-order valence-corrected chi connectivity index (χ2v) is 4.10. The Morgan fingerprint density at radius 3 is 2.12 bits per heavy atom. The van der Waals surface area contributed by atoms with Gasteiger partial charge in [-0.05, 0) is 32.0 Å². The Morgan fingerprint density at radius 2 is 1.71 bits per heavy atom. The SMILES string of the molecule is CNC(C)(CCO)c1ccccc1C(F)(F)F. The molecule has 5 heteroatoms. The summed E-state index contributed by atoms with van der Waals surface area (Å²) < 4.78 is 38.6. The van der Waals surface area contributed by atoms with E-state index in [4.69, 9.17) is 5.11 Å². The van der Waals surface area contributed by atoms with Gasteiger partial charge in [-0.2, -0.15) is 13.2 Å². The molecule has 0 amide bonds. The third-order valence-corrected chi connectivity index (χ3v) is 2.99. The Morgan fingerprint density at radius 1 is 1.18 bits per heavy atom. The summed E-state index contributed by atoms with van der Waals surface area (Å²) in [6.45, 7) is 1.47. The standard InChI is InChI=1S/C12H16F3NO/c1-11(16-2,7-8-17)9-5-3-4-6-10(9)12(13,14)15/h3-6,16-17H,7-8H2,1-2H3. The van der Waals surface area contributed by atoms with Gasteiger partial charge in [-0.15, -0.1) is 0 Å². The summed E-state index contributed by atoms with van der Waals surface area (Å²) in [5.74, 6) is 0. The maximum Gasteiger partial charge on any atom is 0.416 e. The van der Waals surface area contributed by atoms with Crippen LogP contribution in [0.25, 0.3) is 0 Å². The van der Waals surface area contributed by atoms with Crippen molar-refractivity contribution < 1.29 is 18.3 Å². The third-order valence-electron chi connectivity index (χ3n) is 2.99. The van der Waals surface area contributed by atoms with Crippen LogP contribution in [0.3, 0.4) is 0 Å². The van der Waals surface area contributed by atoms with Gasteiger partial charge in [0.2, 0.25) is 0 Å². The minimum Gasteiger partial charge on any atom is -0.396 e. The molecule has 0 radical (unpaired) electrons. The predicted molar refractivity (Wildman–Crippen MR) is 59.6 cm³/mol. The summed E-state index contributed by atoms with van der Waals surface area (Å²) in [4.78, 5) is 0. The van der Waals surface area contributed by atoms with Crippen LogP contribution >= 0.6 is 0 Å². The van der Waals surface area contributed by atoms with E-state index >= 15 is 0 Å². The van der Waals surface area contributed by atoms with Crippen LogP contribution in [-0.4, -0.2) is 18.8 Å². The number of nitrogens with one attached hydrogen (secondary N) is 1. The summed E-state index contributed by atoms with van der Waals surface area (Å²) in [6.07, 6.45) is -4.17. The second kappa shape index (κ2) is 5.06. The van der Waals surface area contributed by atoms with Gasteiger partial charge in [-0.1, -0.05) is 18.2 Å². The van der Waals surface area contributed by atoms with Crippen molar-refractivity contribution in [3.63, 3.8) is 0 Å². The number of hydrogen-bond acceptors (Lipinski definition) is 2. The molecule has 0 saturated heterocycles. The average Bonchev–Trinajstić information content (AvgIpc) is 2.28. The Bertz CT molecular complexity index is 378. The van der Waals surface area contributed by atoms with Crippen LogP contribution in [0.5, 0.6) is 0 Å². The van der Waals surface area contributed by atoms with E-state index < -0.39 is 17.3 Å². The van der Waals surface area contributed by atoms with Crippen molar-refractivity contribution in [2.75, 3.05) is 13.7 Å². The minimum atomic E-state index is -4.38. The van der Waals surface area contributed by atoms with Gasteiger partial charge in [0.25, 0.3) is 0 Å². The van der Waals surface area contributed by atoms with Crippen LogP contribution < -0.4 is 5.32 Å². The van der Waals surface area contributed by atoms with Gasteiger partial charge < -0.3 is 10.4 Å². The molecule has 0 spiro atoms. The van der Waals surface area contributed by atoms with E-state index in [-0.39, 0.29) is 18.6 Å². The van der Waals surface area contributed by atoms with Crippen molar-refractivity contribution in [3.8, 4) is 0 Å². The fourth-order valence-electron chi connectivity index (χ4n) is 1.83. The molecule has 1 aromatic carbocycles. The highest BCUT2D eigenvalue weighted by Crippen LogP contribution is 2.37. The molecule has 1 atom stereocenters. The monoisotopic (exact) mass is 247 g/mol. The molecular formula is C12H16F3NO. The molecule has 1 rings (SSSR count). The maximum absolute atomic E-state index is 12.9. The first-order chi connectivity index (χ1) is 7.85. The highest BCUT2D eigenvalue weighted by atomic mass is 19.4. The quantitative estimate of drug-likeness (QED) is 0.857. The number of aliphatic hydroxyl groups is 1. The largest absolute Gasteiger partial charge is 0.416 e. The summed E-state index contributed by atoms with van der Waals surface area (Å²) >= 11 is 0. The smallest absolute Gasteiger partial charge is 0.396 e. The number of aliphatic hydroxyl groups excluding tert-OH is 1. The molecule has 17 heavy (non-hydrogen) atoms.